The zero-order valence-electron chi connectivity index (χ0n) is 23.2. The zero-order valence-corrected chi connectivity index (χ0v) is 23.2. The van der Waals surface area contributed by atoms with Gasteiger partial charge in [0.2, 0.25) is 0 Å². The van der Waals surface area contributed by atoms with E-state index >= 15 is 0 Å². The number of hydrogen-bond acceptors (Lipinski definition) is 1. The van der Waals surface area contributed by atoms with E-state index in [1.807, 2.05) is 6.07 Å². The van der Waals surface area contributed by atoms with Gasteiger partial charge in [-0.2, -0.15) is 0 Å². The average molecular weight is 549 g/mol. The van der Waals surface area contributed by atoms with Crippen LogP contribution in [0.3, 0.4) is 0 Å². The standard InChI is InChI=1S/C40H24N2O/c1-2-11-26-24-27(21-20-25(26)10-1)41-34-17-7-4-14-32(34)38-35(41)23-22-30-28-12-3-6-16-33(28)42(39(30)38)36-18-9-15-31-29-13-5-8-19-37(29)43-40(31)36/h1-24H. The molecule has 0 unspecified atom stereocenters. The number of benzene rings is 7. The van der Waals surface area contributed by atoms with Gasteiger partial charge in [0.25, 0.3) is 0 Å². The molecule has 3 nitrogen and oxygen atoms in total. The van der Waals surface area contributed by atoms with Crippen molar-refractivity contribution < 1.29 is 4.42 Å². The molecule has 0 N–H and O–H groups in total. The van der Waals surface area contributed by atoms with E-state index in [0.29, 0.717) is 0 Å². The third-order valence-electron chi connectivity index (χ3n) is 9.09. The maximum Gasteiger partial charge on any atom is 0.159 e. The van der Waals surface area contributed by atoms with Crippen molar-refractivity contribution in [2.75, 3.05) is 0 Å². The van der Waals surface area contributed by atoms with Gasteiger partial charge in [-0.15, -0.1) is 0 Å². The number of rotatable bonds is 2. The lowest BCUT2D eigenvalue weighted by Crippen LogP contribution is -1.96. The zero-order chi connectivity index (χ0) is 28.1. The molecule has 200 valence electrons. The molecule has 10 aromatic rings. The second-order valence-electron chi connectivity index (χ2n) is 11.3. The Labute approximate surface area is 246 Å². The Morgan fingerprint density at radius 3 is 2.00 bits per heavy atom. The van der Waals surface area contributed by atoms with Gasteiger partial charge in [-0.05, 0) is 53.2 Å². The minimum atomic E-state index is 0.904. The summed E-state index contributed by atoms with van der Waals surface area (Å²) in [5.74, 6) is 0. The van der Waals surface area contributed by atoms with Crippen molar-refractivity contribution in [3.05, 3.63) is 146 Å². The average Bonchev–Trinajstić information content (AvgIpc) is 3.72. The second kappa shape index (κ2) is 8.37. The van der Waals surface area contributed by atoms with Gasteiger partial charge in [0, 0.05) is 38.0 Å². The predicted octanol–water partition coefficient (Wildman–Crippen LogP) is 10.9. The van der Waals surface area contributed by atoms with Crippen molar-refractivity contribution in [2.24, 2.45) is 0 Å². The highest BCUT2D eigenvalue weighted by molar-refractivity contribution is 6.26. The molecule has 0 radical (unpaired) electrons. The van der Waals surface area contributed by atoms with E-state index in [0.717, 1.165) is 33.3 Å². The maximum absolute atomic E-state index is 6.59. The number of furan rings is 1. The summed E-state index contributed by atoms with van der Waals surface area (Å²) in [5, 5.41) is 9.68. The Bertz CT molecular complexity index is 2740. The monoisotopic (exact) mass is 548 g/mol. The van der Waals surface area contributed by atoms with Gasteiger partial charge in [0.1, 0.15) is 5.58 Å². The highest BCUT2D eigenvalue weighted by atomic mass is 16.3. The fraction of sp³-hybridized carbons (Fsp3) is 0. The number of fused-ring (bicyclic) bond motifs is 11. The largest absolute Gasteiger partial charge is 0.454 e. The Morgan fingerprint density at radius 2 is 1.12 bits per heavy atom. The summed E-state index contributed by atoms with van der Waals surface area (Å²) in [6, 6.07) is 52.3. The molecule has 0 aliphatic rings. The minimum absolute atomic E-state index is 0.904. The van der Waals surface area contributed by atoms with Crippen molar-refractivity contribution in [2.45, 2.75) is 0 Å². The highest BCUT2D eigenvalue weighted by Crippen LogP contribution is 2.43. The molecule has 0 atom stereocenters. The van der Waals surface area contributed by atoms with Gasteiger partial charge >= 0.3 is 0 Å². The summed E-state index contributed by atoms with van der Waals surface area (Å²) in [7, 11) is 0. The smallest absolute Gasteiger partial charge is 0.159 e. The van der Waals surface area contributed by atoms with E-state index in [2.05, 4.69) is 149 Å². The van der Waals surface area contributed by atoms with Crippen molar-refractivity contribution >= 4 is 76.3 Å². The molecule has 10 rings (SSSR count). The first kappa shape index (κ1) is 22.8. The van der Waals surface area contributed by atoms with E-state index in [1.165, 1.54) is 54.4 Å². The van der Waals surface area contributed by atoms with Crippen LogP contribution in [-0.4, -0.2) is 9.13 Å². The molecule has 0 saturated carbocycles. The first-order valence-electron chi connectivity index (χ1n) is 14.7. The molecule has 0 aliphatic heterocycles. The Hall–Kier alpha value is -5.80. The number of nitrogens with zero attached hydrogens (tertiary/aromatic N) is 2. The summed E-state index contributed by atoms with van der Waals surface area (Å²) in [6.07, 6.45) is 0. The molecule has 43 heavy (non-hydrogen) atoms. The summed E-state index contributed by atoms with van der Waals surface area (Å²) in [4.78, 5) is 0. The van der Waals surface area contributed by atoms with Crippen molar-refractivity contribution in [1.82, 2.24) is 9.13 Å². The molecule has 0 amide bonds. The highest BCUT2D eigenvalue weighted by Gasteiger charge is 2.22. The van der Waals surface area contributed by atoms with Gasteiger partial charge in [-0.25, -0.2) is 0 Å². The molecule has 7 aromatic carbocycles. The van der Waals surface area contributed by atoms with Crippen LogP contribution in [0.2, 0.25) is 0 Å². The molecule has 3 heteroatoms. The lowest BCUT2D eigenvalue weighted by Gasteiger charge is -2.11. The fourth-order valence-corrected chi connectivity index (χ4v) is 7.26. The molecule has 0 fully saturated rings. The number of para-hydroxylation sites is 4. The molecule has 0 aliphatic carbocycles. The second-order valence-corrected chi connectivity index (χ2v) is 11.3. The van der Waals surface area contributed by atoms with Crippen molar-refractivity contribution in [1.29, 1.82) is 0 Å². The van der Waals surface area contributed by atoms with Gasteiger partial charge in [0.05, 0.1) is 27.8 Å². The van der Waals surface area contributed by atoms with Crippen LogP contribution in [0.4, 0.5) is 0 Å². The lowest BCUT2D eigenvalue weighted by molar-refractivity contribution is 0.666. The molecule has 0 spiro atoms. The van der Waals surface area contributed by atoms with E-state index in [1.54, 1.807) is 0 Å². The van der Waals surface area contributed by atoms with E-state index in [4.69, 9.17) is 4.42 Å². The van der Waals surface area contributed by atoms with Gasteiger partial charge in [-0.1, -0.05) is 103 Å². The van der Waals surface area contributed by atoms with Crippen LogP contribution >= 0.6 is 0 Å². The van der Waals surface area contributed by atoms with Gasteiger partial charge in [0.15, 0.2) is 5.58 Å². The third-order valence-corrected chi connectivity index (χ3v) is 9.09. The van der Waals surface area contributed by atoms with Crippen LogP contribution < -0.4 is 0 Å². The topological polar surface area (TPSA) is 23.0 Å². The first-order valence-corrected chi connectivity index (χ1v) is 14.7. The number of aromatic nitrogens is 2. The van der Waals surface area contributed by atoms with Crippen molar-refractivity contribution in [3.8, 4) is 11.4 Å². The molecular formula is C40H24N2O. The lowest BCUT2D eigenvalue weighted by atomic mass is 10.1. The summed E-state index contributed by atoms with van der Waals surface area (Å²) in [6.45, 7) is 0. The Kier molecular flexibility index (Phi) is 4.45. The van der Waals surface area contributed by atoms with Crippen molar-refractivity contribution in [3.63, 3.8) is 0 Å². The quantitative estimate of drug-likeness (QED) is 0.211. The van der Waals surface area contributed by atoms with Crippen LogP contribution in [0.5, 0.6) is 0 Å². The van der Waals surface area contributed by atoms with E-state index in [9.17, 15) is 0 Å². The normalized spacial score (nSPS) is 12.2. The number of hydrogen-bond donors (Lipinski definition) is 0. The van der Waals surface area contributed by atoms with Crippen LogP contribution in [-0.2, 0) is 0 Å². The Morgan fingerprint density at radius 1 is 0.419 bits per heavy atom. The van der Waals surface area contributed by atoms with Crippen LogP contribution in [0.1, 0.15) is 0 Å². The molecule has 0 saturated heterocycles. The fourth-order valence-electron chi connectivity index (χ4n) is 7.26. The summed E-state index contributed by atoms with van der Waals surface area (Å²) in [5.41, 5.74) is 8.76. The molecule has 3 aromatic heterocycles. The van der Waals surface area contributed by atoms with Gasteiger partial charge < -0.3 is 13.6 Å². The third kappa shape index (κ3) is 3.03. The SMILES string of the molecule is c1ccc2cc(-n3c4ccccc4c4c3ccc3c5ccccc5n(-c5cccc6c5oc5ccccc56)c34)ccc2c1. The van der Waals surface area contributed by atoms with Crippen LogP contribution in [0, 0.1) is 0 Å². The maximum atomic E-state index is 6.59. The molecule has 0 bridgehead atoms. The van der Waals surface area contributed by atoms with Crippen LogP contribution in [0.25, 0.3) is 87.7 Å². The molecular weight excluding hydrogens is 524 g/mol. The van der Waals surface area contributed by atoms with E-state index < -0.39 is 0 Å². The summed E-state index contributed by atoms with van der Waals surface area (Å²) >= 11 is 0. The van der Waals surface area contributed by atoms with Crippen LogP contribution in [0.15, 0.2) is 150 Å². The molecule has 3 heterocycles. The predicted molar refractivity (Wildman–Crippen MR) is 180 cm³/mol. The first-order chi connectivity index (χ1) is 21.3. The minimum Gasteiger partial charge on any atom is -0.454 e. The van der Waals surface area contributed by atoms with E-state index in [-0.39, 0.29) is 0 Å². The Balaban J connectivity index is 1.41. The van der Waals surface area contributed by atoms with Gasteiger partial charge in [-0.3, -0.25) is 0 Å². The summed E-state index contributed by atoms with van der Waals surface area (Å²) < 4.78 is 11.4.